The normalized spacial score (nSPS) is 12.0. The van der Waals surface area contributed by atoms with Crippen molar-refractivity contribution in [2.45, 2.75) is 52.1 Å². The first-order valence-electron chi connectivity index (χ1n) is 13.6. The zero-order valence-corrected chi connectivity index (χ0v) is 26.8. The summed E-state index contributed by atoms with van der Waals surface area (Å²) in [4.78, 5) is 29.0. The van der Waals surface area contributed by atoms with Gasteiger partial charge in [-0.1, -0.05) is 83.0 Å². The van der Waals surface area contributed by atoms with Gasteiger partial charge in [0.25, 0.3) is 0 Å². The Morgan fingerprint density at radius 1 is 1.00 bits per heavy atom. The van der Waals surface area contributed by atoms with Crippen LogP contribution in [0.25, 0.3) is 0 Å². The Morgan fingerprint density at radius 2 is 1.71 bits per heavy atom. The van der Waals surface area contributed by atoms with Gasteiger partial charge in [0.05, 0.1) is 11.9 Å². The molecule has 0 spiro atoms. The predicted molar refractivity (Wildman–Crippen MR) is 170 cm³/mol. The van der Waals surface area contributed by atoms with E-state index in [0.29, 0.717) is 23.7 Å². The molecule has 1 N–H and O–H groups in total. The lowest BCUT2D eigenvalue weighted by Gasteiger charge is -2.32. The van der Waals surface area contributed by atoms with Crippen molar-refractivity contribution in [3.8, 4) is 0 Å². The van der Waals surface area contributed by atoms with Crippen molar-refractivity contribution in [3.63, 3.8) is 0 Å². The van der Waals surface area contributed by atoms with Crippen LogP contribution in [0.3, 0.4) is 0 Å². The number of carbonyl (C=O) groups is 2. The Morgan fingerprint density at radius 3 is 2.37 bits per heavy atom. The van der Waals surface area contributed by atoms with Crippen molar-refractivity contribution in [2.75, 3.05) is 23.7 Å². The monoisotopic (exact) mass is 661 g/mol. The number of benzene rings is 3. The lowest BCUT2D eigenvalue weighted by Crippen LogP contribution is -2.50. The van der Waals surface area contributed by atoms with Crippen LogP contribution < -0.4 is 9.62 Å². The highest BCUT2D eigenvalue weighted by molar-refractivity contribution is 9.10. The molecule has 0 aliphatic rings. The summed E-state index contributed by atoms with van der Waals surface area (Å²) in [5.74, 6) is -0.444. The maximum Gasteiger partial charge on any atom is 0.243 e. The molecule has 0 fully saturated rings. The number of rotatable bonds is 14. The SMILES string of the molecule is CCCNC(=O)[C@H](Cc1ccccc1)N(Cc1cccc(Br)c1)C(=O)CCCN(c1cc(Cl)ccc1C)S(C)(=O)=O. The van der Waals surface area contributed by atoms with Crippen molar-refractivity contribution in [1.29, 1.82) is 0 Å². The number of hydrogen-bond donors (Lipinski definition) is 1. The summed E-state index contributed by atoms with van der Waals surface area (Å²) in [6.45, 7) is 4.63. The Balaban J connectivity index is 1.89. The molecular formula is C31H37BrClN3O4S. The minimum absolute atomic E-state index is 0.0615. The smallest absolute Gasteiger partial charge is 0.243 e. The lowest BCUT2D eigenvalue weighted by atomic mass is 10.0. The molecule has 41 heavy (non-hydrogen) atoms. The van der Waals surface area contributed by atoms with Crippen LogP contribution in [0.15, 0.2) is 77.3 Å². The Labute approximate surface area is 257 Å². The molecule has 0 heterocycles. The van der Waals surface area contributed by atoms with Crippen molar-refractivity contribution in [1.82, 2.24) is 10.2 Å². The summed E-state index contributed by atoms with van der Waals surface area (Å²) >= 11 is 9.67. The van der Waals surface area contributed by atoms with E-state index in [4.69, 9.17) is 11.6 Å². The third kappa shape index (κ3) is 9.87. The van der Waals surface area contributed by atoms with Crippen molar-refractivity contribution in [2.24, 2.45) is 0 Å². The standard InChI is InChI=1S/C31H37BrClN3O4S/c1-4-17-34-31(38)29(20-24-10-6-5-7-11-24)35(22-25-12-8-13-26(32)19-25)30(37)14-9-18-36(41(3,39)40)28-21-27(33)16-15-23(28)2/h5-8,10-13,15-16,19,21,29H,4,9,14,17-18,20,22H2,1-3H3,(H,34,38)/t29-/m0/s1. The maximum atomic E-state index is 13.9. The van der Waals surface area contributed by atoms with Crippen LogP contribution in [-0.4, -0.2) is 50.5 Å². The second kappa shape index (κ2) is 15.4. The van der Waals surface area contributed by atoms with Crippen molar-refractivity contribution < 1.29 is 18.0 Å². The minimum atomic E-state index is -3.63. The average molecular weight is 663 g/mol. The van der Waals surface area contributed by atoms with E-state index in [1.54, 1.807) is 23.1 Å². The maximum absolute atomic E-state index is 13.9. The molecule has 3 aromatic rings. The van der Waals surface area contributed by atoms with Crippen LogP contribution in [0.1, 0.15) is 42.9 Å². The van der Waals surface area contributed by atoms with Crippen LogP contribution in [-0.2, 0) is 32.6 Å². The third-order valence-electron chi connectivity index (χ3n) is 6.65. The molecule has 2 amide bonds. The van der Waals surface area contributed by atoms with Gasteiger partial charge in [-0.3, -0.25) is 13.9 Å². The van der Waals surface area contributed by atoms with E-state index in [0.717, 1.165) is 33.8 Å². The van der Waals surface area contributed by atoms with E-state index in [1.165, 1.54) is 4.31 Å². The first kappa shape index (κ1) is 32.6. The van der Waals surface area contributed by atoms with Gasteiger partial charge in [-0.05, 0) is 60.7 Å². The quantitative estimate of drug-likeness (QED) is 0.225. The molecule has 3 aromatic carbocycles. The summed E-state index contributed by atoms with van der Waals surface area (Å²) in [5.41, 5.74) is 3.06. The number of anilines is 1. The van der Waals surface area contributed by atoms with Gasteiger partial charge in [0.2, 0.25) is 21.8 Å². The van der Waals surface area contributed by atoms with Gasteiger partial charge in [0, 0.05) is 42.0 Å². The number of aryl methyl sites for hydroxylation is 1. The molecule has 10 heteroatoms. The van der Waals surface area contributed by atoms with E-state index in [2.05, 4.69) is 21.2 Å². The number of nitrogens with zero attached hydrogens (tertiary/aromatic N) is 2. The molecule has 220 valence electrons. The average Bonchev–Trinajstić information content (AvgIpc) is 2.93. The summed E-state index contributed by atoms with van der Waals surface area (Å²) in [6, 6.07) is 21.6. The lowest BCUT2D eigenvalue weighted by molar-refractivity contribution is -0.141. The van der Waals surface area contributed by atoms with Gasteiger partial charge in [-0.2, -0.15) is 0 Å². The molecule has 3 rings (SSSR count). The highest BCUT2D eigenvalue weighted by Gasteiger charge is 2.30. The van der Waals surface area contributed by atoms with Crippen LogP contribution in [0.4, 0.5) is 5.69 Å². The molecule has 7 nitrogen and oxygen atoms in total. The number of halogens is 2. The molecule has 0 aliphatic carbocycles. The van der Waals surface area contributed by atoms with Gasteiger partial charge < -0.3 is 10.2 Å². The van der Waals surface area contributed by atoms with E-state index < -0.39 is 16.1 Å². The van der Waals surface area contributed by atoms with Gasteiger partial charge in [-0.15, -0.1) is 0 Å². The summed E-state index contributed by atoms with van der Waals surface area (Å²) in [6.07, 6.45) is 2.59. The fourth-order valence-electron chi connectivity index (χ4n) is 4.59. The van der Waals surface area contributed by atoms with Crippen LogP contribution in [0.5, 0.6) is 0 Å². The number of amides is 2. The number of carbonyl (C=O) groups excluding carboxylic acids is 2. The fourth-order valence-corrected chi connectivity index (χ4v) is 6.21. The molecule has 0 saturated heterocycles. The molecule has 0 saturated carbocycles. The summed E-state index contributed by atoms with van der Waals surface area (Å²) in [5, 5.41) is 3.40. The highest BCUT2D eigenvalue weighted by atomic mass is 79.9. The predicted octanol–water partition coefficient (Wildman–Crippen LogP) is 6.12. The zero-order valence-electron chi connectivity index (χ0n) is 23.6. The highest BCUT2D eigenvalue weighted by Crippen LogP contribution is 2.27. The Hall–Kier alpha value is -2.88. The van der Waals surface area contributed by atoms with Crippen LogP contribution in [0, 0.1) is 6.92 Å². The van der Waals surface area contributed by atoms with Crippen LogP contribution >= 0.6 is 27.5 Å². The van der Waals surface area contributed by atoms with Crippen LogP contribution in [0.2, 0.25) is 5.02 Å². The second-order valence-corrected chi connectivity index (χ2v) is 13.3. The number of nitrogens with one attached hydrogen (secondary N) is 1. The first-order chi connectivity index (χ1) is 19.5. The van der Waals surface area contributed by atoms with Crippen molar-refractivity contribution >= 4 is 55.1 Å². The van der Waals surface area contributed by atoms with Gasteiger partial charge in [0.15, 0.2) is 0 Å². The molecule has 0 bridgehead atoms. The third-order valence-corrected chi connectivity index (χ3v) is 8.56. The van der Waals surface area contributed by atoms with Gasteiger partial charge >= 0.3 is 0 Å². The Bertz CT molecular complexity index is 1440. The number of hydrogen-bond acceptors (Lipinski definition) is 4. The van der Waals surface area contributed by atoms with E-state index in [1.807, 2.05) is 68.4 Å². The Kier molecular flexibility index (Phi) is 12.2. The number of sulfonamides is 1. The molecule has 0 radical (unpaired) electrons. The van der Waals surface area contributed by atoms with E-state index in [-0.39, 0.29) is 37.7 Å². The summed E-state index contributed by atoms with van der Waals surface area (Å²) in [7, 11) is -3.63. The topological polar surface area (TPSA) is 86.8 Å². The molecule has 0 aromatic heterocycles. The fraction of sp³-hybridized carbons (Fsp3) is 0.355. The first-order valence-corrected chi connectivity index (χ1v) is 16.6. The zero-order chi connectivity index (χ0) is 30.0. The van der Waals surface area contributed by atoms with Crippen molar-refractivity contribution in [3.05, 3.63) is 99.0 Å². The molecule has 1 atom stereocenters. The van der Waals surface area contributed by atoms with Gasteiger partial charge in [-0.25, -0.2) is 8.42 Å². The van der Waals surface area contributed by atoms with E-state index >= 15 is 0 Å². The molecule has 0 unspecified atom stereocenters. The molecular weight excluding hydrogens is 626 g/mol. The largest absolute Gasteiger partial charge is 0.354 e. The van der Waals surface area contributed by atoms with E-state index in [9.17, 15) is 18.0 Å². The molecule has 0 aliphatic heterocycles. The summed E-state index contributed by atoms with van der Waals surface area (Å²) < 4.78 is 27.6. The van der Waals surface area contributed by atoms with Gasteiger partial charge in [0.1, 0.15) is 6.04 Å². The minimum Gasteiger partial charge on any atom is -0.354 e. The second-order valence-electron chi connectivity index (χ2n) is 10.0.